The smallest absolute Gasteiger partial charge is 0.292 e. The first-order valence-electron chi connectivity index (χ1n) is 2.56. The van der Waals surface area contributed by atoms with E-state index in [1.807, 2.05) is 0 Å². The third-order valence-electron chi connectivity index (χ3n) is 0.935. The Morgan fingerprint density at radius 3 is 2.09 bits per heavy atom. The van der Waals surface area contributed by atoms with Crippen molar-refractivity contribution >= 4 is 18.0 Å². The second-order valence-corrected chi connectivity index (χ2v) is 1.65. The van der Waals surface area contributed by atoms with Crippen LogP contribution in [0.2, 0.25) is 0 Å². The number of carbonyl (C=O) groups excluding carboxylic acids is 3. The second kappa shape index (κ2) is 2.41. The fourth-order valence-corrected chi connectivity index (χ4v) is 0.551. The maximum atomic E-state index is 10.5. The van der Waals surface area contributed by atoms with Gasteiger partial charge in [0.15, 0.2) is 0 Å². The lowest BCUT2D eigenvalue weighted by atomic mass is 10.6. The number of carbonyl (C=O) groups is 3. The summed E-state index contributed by atoms with van der Waals surface area (Å²) < 4.78 is 0. The first kappa shape index (κ1) is 7.26. The molecule has 1 rings (SSSR count). The minimum atomic E-state index is -1.95. The molecule has 0 atom stereocenters. The molecule has 0 N–H and O–H groups in total. The summed E-state index contributed by atoms with van der Waals surface area (Å²) >= 11 is 0. The minimum Gasteiger partial charge on any atom is -0.292 e. The Bertz CT molecular complexity index is 238. The Kier molecular flexibility index (Phi) is 1.59. The van der Waals surface area contributed by atoms with Crippen LogP contribution in [0.25, 0.3) is 0 Å². The summed E-state index contributed by atoms with van der Waals surface area (Å²) in [5.41, 5.74) is 0. The van der Waals surface area contributed by atoms with E-state index >= 15 is 0 Å². The lowest BCUT2D eigenvalue weighted by Gasteiger charge is -2.07. The normalized spacial score (nSPS) is 15.8. The van der Waals surface area contributed by atoms with Crippen LogP contribution in [0.15, 0.2) is 12.2 Å². The SMILES string of the molecule is [O]C(=O)ON1C(=O)C=CC1=O. The van der Waals surface area contributed by atoms with Crippen LogP contribution in [0.5, 0.6) is 0 Å². The molecule has 0 aromatic heterocycles. The highest BCUT2D eigenvalue weighted by molar-refractivity contribution is 6.12. The van der Waals surface area contributed by atoms with Gasteiger partial charge in [-0.15, -0.1) is 0 Å². The zero-order valence-corrected chi connectivity index (χ0v) is 5.14. The van der Waals surface area contributed by atoms with Crippen LogP contribution >= 0.6 is 0 Å². The summed E-state index contributed by atoms with van der Waals surface area (Å²) in [5.74, 6) is -1.67. The number of hydrogen-bond acceptors (Lipinski definition) is 4. The molecule has 2 amide bonds. The third kappa shape index (κ3) is 1.34. The average molecular weight is 156 g/mol. The van der Waals surface area contributed by atoms with Gasteiger partial charge >= 0.3 is 6.16 Å². The fourth-order valence-electron chi connectivity index (χ4n) is 0.551. The molecule has 6 nitrogen and oxygen atoms in total. The van der Waals surface area contributed by atoms with Crippen molar-refractivity contribution in [2.45, 2.75) is 0 Å². The minimum absolute atomic E-state index is 0.0926. The molecule has 0 aromatic carbocycles. The summed E-state index contributed by atoms with van der Waals surface area (Å²) in [6.07, 6.45) is -0.160. The lowest BCUT2D eigenvalue weighted by Crippen LogP contribution is -2.31. The fraction of sp³-hybridized carbons (Fsp3) is 0. The van der Waals surface area contributed by atoms with Crippen molar-refractivity contribution < 1.29 is 24.3 Å². The van der Waals surface area contributed by atoms with E-state index in [1.165, 1.54) is 0 Å². The first-order valence-corrected chi connectivity index (χ1v) is 2.56. The number of amides is 2. The molecule has 1 aliphatic heterocycles. The topological polar surface area (TPSA) is 83.6 Å². The average Bonchev–Trinajstić information content (AvgIpc) is 2.18. The largest absolute Gasteiger partial charge is 0.576 e. The molecule has 1 radical (unpaired) electrons. The molecule has 11 heavy (non-hydrogen) atoms. The molecule has 0 bridgehead atoms. The monoisotopic (exact) mass is 156 g/mol. The van der Waals surface area contributed by atoms with Gasteiger partial charge in [-0.1, -0.05) is 5.06 Å². The highest BCUT2D eigenvalue weighted by Gasteiger charge is 2.28. The number of hydrogen-bond donors (Lipinski definition) is 0. The van der Waals surface area contributed by atoms with Gasteiger partial charge in [-0.05, 0) is 0 Å². The number of hydroxylamine groups is 2. The molecule has 0 unspecified atom stereocenters. The summed E-state index contributed by atoms with van der Waals surface area (Å²) in [4.78, 5) is 34.5. The molecule has 0 aliphatic carbocycles. The third-order valence-corrected chi connectivity index (χ3v) is 0.935. The molecule has 1 heterocycles. The van der Waals surface area contributed by atoms with E-state index < -0.39 is 18.0 Å². The van der Waals surface area contributed by atoms with Crippen molar-refractivity contribution in [1.29, 1.82) is 0 Å². The Balaban J connectivity index is 2.66. The number of rotatable bonds is 1. The maximum Gasteiger partial charge on any atom is 0.576 e. The molecule has 0 aromatic rings. The molecule has 0 spiro atoms. The molecule has 57 valence electrons. The zero-order chi connectivity index (χ0) is 8.43. The molecular formula is C5H2NO5. The van der Waals surface area contributed by atoms with Gasteiger partial charge in [0.2, 0.25) is 0 Å². The first-order chi connectivity index (χ1) is 5.11. The highest BCUT2D eigenvalue weighted by Crippen LogP contribution is 2.03. The maximum absolute atomic E-state index is 10.5. The van der Waals surface area contributed by atoms with Crippen LogP contribution in [0.1, 0.15) is 0 Å². The molecular weight excluding hydrogens is 154 g/mol. The Morgan fingerprint density at radius 2 is 1.73 bits per heavy atom. The molecule has 1 aliphatic rings. The lowest BCUT2D eigenvalue weighted by molar-refractivity contribution is -0.175. The van der Waals surface area contributed by atoms with Crippen LogP contribution < -0.4 is 0 Å². The quantitative estimate of drug-likeness (QED) is 0.474. The van der Waals surface area contributed by atoms with E-state index in [2.05, 4.69) is 4.84 Å². The van der Waals surface area contributed by atoms with Gasteiger partial charge in [-0.2, -0.15) is 9.90 Å². The van der Waals surface area contributed by atoms with Crippen molar-refractivity contribution in [2.75, 3.05) is 0 Å². The number of nitrogens with zero attached hydrogens (tertiary/aromatic N) is 1. The molecule has 6 heteroatoms. The van der Waals surface area contributed by atoms with Crippen molar-refractivity contribution in [3.63, 3.8) is 0 Å². The zero-order valence-electron chi connectivity index (χ0n) is 5.14. The van der Waals surface area contributed by atoms with E-state index in [0.29, 0.717) is 0 Å². The van der Waals surface area contributed by atoms with Gasteiger partial charge in [-0.3, -0.25) is 14.4 Å². The van der Waals surface area contributed by atoms with Gasteiger partial charge in [0, 0.05) is 12.2 Å². The molecule has 0 fully saturated rings. The highest BCUT2D eigenvalue weighted by atomic mass is 16.8. The van der Waals surface area contributed by atoms with E-state index in [9.17, 15) is 19.5 Å². The molecule has 0 saturated heterocycles. The van der Waals surface area contributed by atoms with Gasteiger partial charge in [0.1, 0.15) is 0 Å². The van der Waals surface area contributed by atoms with E-state index in [0.717, 1.165) is 12.2 Å². The predicted octanol–water partition coefficient (Wildman–Crippen LogP) is -0.607. The van der Waals surface area contributed by atoms with Crippen molar-refractivity contribution in [3.8, 4) is 0 Å². The Hall–Kier alpha value is -1.85. The van der Waals surface area contributed by atoms with Gasteiger partial charge in [-0.25, -0.2) is 0 Å². The summed E-state index contributed by atoms with van der Waals surface area (Å²) in [5, 5.41) is 9.83. The predicted molar refractivity (Wildman–Crippen MR) is 28.2 cm³/mol. The van der Waals surface area contributed by atoms with E-state index in [4.69, 9.17) is 0 Å². The van der Waals surface area contributed by atoms with Crippen LogP contribution in [-0.2, 0) is 19.5 Å². The van der Waals surface area contributed by atoms with Crippen molar-refractivity contribution in [3.05, 3.63) is 12.2 Å². The second-order valence-electron chi connectivity index (χ2n) is 1.65. The van der Waals surface area contributed by atoms with Crippen LogP contribution in [0, 0.1) is 0 Å². The van der Waals surface area contributed by atoms with Crippen molar-refractivity contribution in [1.82, 2.24) is 5.06 Å². The Labute approximate surface area is 60.6 Å². The standard InChI is InChI=1S/C5H2NO5/c7-3-1-2-4(8)6(3)11-5(9)10/h1-2H. The molecule has 0 saturated carbocycles. The number of imide groups is 1. The summed E-state index contributed by atoms with van der Waals surface area (Å²) in [7, 11) is 0. The Morgan fingerprint density at radius 1 is 1.27 bits per heavy atom. The van der Waals surface area contributed by atoms with E-state index in [1.54, 1.807) is 0 Å². The van der Waals surface area contributed by atoms with Gasteiger partial charge in [0.25, 0.3) is 11.8 Å². The summed E-state index contributed by atoms with van der Waals surface area (Å²) in [6.45, 7) is 0. The van der Waals surface area contributed by atoms with Crippen LogP contribution in [0.3, 0.4) is 0 Å². The summed E-state index contributed by atoms with van der Waals surface area (Å²) in [6, 6.07) is 0. The van der Waals surface area contributed by atoms with Gasteiger partial charge < -0.3 is 0 Å². The van der Waals surface area contributed by atoms with Crippen LogP contribution in [0.4, 0.5) is 4.79 Å². The van der Waals surface area contributed by atoms with Gasteiger partial charge in [0.05, 0.1) is 0 Å². The van der Waals surface area contributed by atoms with Crippen molar-refractivity contribution in [2.24, 2.45) is 0 Å². The van der Waals surface area contributed by atoms with E-state index in [-0.39, 0.29) is 5.06 Å². The van der Waals surface area contributed by atoms with Crippen LogP contribution in [-0.4, -0.2) is 23.0 Å².